The Morgan fingerprint density at radius 2 is 1.80 bits per heavy atom. The average Bonchev–Trinajstić information content (AvgIpc) is 2.56. The molecule has 0 spiro atoms. The summed E-state index contributed by atoms with van der Waals surface area (Å²) in [7, 11) is 0. The van der Waals surface area contributed by atoms with Crippen LogP contribution in [0.25, 0.3) is 0 Å². The van der Waals surface area contributed by atoms with Gasteiger partial charge in [-0.3, -0.25) is 4.79 Å². The van der Waals surface area contributed by atoms with E-state index in [0.717, 1.165) is 5.56 Å². The Balaban J connectivity index is 2.29. The maximum absolute atomic E-state index is 11.7. The van der Waals surface area contributed by atoms with E-state index in [1.165, 1.54) is 0 Å². The first-order valence-corrected chi connectivity index (χ1v) is 7.94. The number of rotatable bonds is 9. The molecule has 25 heavy (non-hydrogen) atoms. The molecule has 0 saturated carbocycles. The Morgan fingerprint density at radius 1 is 1.16 bits per heavy atom. The molecule has 0 saturated heterocycles. The number of ether oxygens (including phenoxy) is 1. The van der Waals surface area contributed by atoms with Crippen molar-refractivity contribution in [2.45, 2.75) is 39.0 Å². The van der Waals surface area contributed by atoms with Crippen molar-refractivity contribution in [3.8, 4) is 0 Å². The number of amides is 2. The first kappa shape index (κ1) is 20.4. The van der Waals surface area contributed by atoms with Crippen molar-refractivity contribution in [1.82, 2.24) is 10.6 Å². The Kier molecular flexibility index (Phi) is 8.42. The molecule has 0 fully saturated rings. The standard InChI is InChI=1S/C17H24N2O6/c1-11(2)15(16(22)23)19-14(21)8-13(20)9-18-17(24)25-10-12-6-4-3-5-7-12/h3-7,11,13,15,20H,8-10H2,1-2H3,(H,18,24)(H,19,21)(H,22,23)/t13-,15+/m0/s1. The SMILES string of the molecule is CC(C)[C@@H](NC(=O)C[C@H](O)CNC(=O)OCc1ccccc1)C(=O)O. The molecule has 0 aliphatic rings. The molecule has 1 aromatic carbocycles. The average molecular weight is 352 g/mol. The van der Waals surface area contributed by atoms with Gasteiger partial charge in [-0.1, -0.05) is 44.2 Å². The topological polar surface area (TPSA) is 125 Å². The first-order chi connectivity index (χ1) is 11.8. The summed E-state index contributed by atoms with van der Waals surface area (Å²) in [5.74, 6) is -2.03. The van der Waals surface area contributed by atoms with Crippen LogP contribution in [0.5, 0.6) is 0 Å². The van der Waals surface area contributed by atoms with Gasteiger partial charge < -0.3 is 25.6 Å². The second-order valence-corrected chi connectivity index (χ2v) is 5.93. The minimum Gasteiger partial charge on any atom is -0.480 e. The number of carbonyl (C=O) groups excluding carboxylic acids is 2. The highest BCUT2D eigenvalue weighted by Gasteiger charge is 2.24. The molecule has 0 bridgehead atoms. The fourth-order valence-corrected chi connectivity index (χ4v) is 2.01. The number of aliphatic hydroxyl groups is 1. The number of benzene rings is 1. The Bertz CT molecular complexity index is 576. The molecule has 1 aromatic rings. The monoisotopic (exact) mass is 352 g/mol. The summed E-state index contributed by atoms with van der Waals surface area (Å²) in [6.07, 6.45) is -2.19. The lowest BCUT2D eigenvalue weighted by molar-refractivity contribution is -0.143. The molecule has 8 nitrogen and oxygen atoms in total. The fourth-order valence-electron chi connectivity index (χ4n) is 2.01. The summed E-state index contributed by atoms with van der Waals surface area (Å²) < 4.78 is 4.97. The highest BCUT2D eigenvalue weighted by atomic mass is 16.5. The molecular weight excluding hydrogens is 328 g/mol. The molecule has 0 unspecified atom stereocenters. The zero-order chi connectivity index (χ0) is 18.8. The van der Waals surface area contributed by atoms with Crippen LogP contribution in [0.4, 0.5) is 4.79 Å². The van der Waals surface area contributed by atoms with Gasteiger partial charge in [0, 0.05) is 6.54 Å². The van der Waals surface area contributed by atoms with E-state index >= 15 is 0 Å². The molecule has 0 radical (unpaired) electrons. The van der Waals surface area contributed by atoms with Gasteiger partial charge in [0.05, 0.1) is 12.5 Å². The van der Waals surface area contributed by atoms with Crippen molar-refractivity contribution >= 4 is 18.0 Å². The van der Waals surface area contributed by atoms with Gasteiger partial charge in [-0.25, -0.2) is 9.59 Å². The minimum absolute atomic E-state index is 0.0952. The summed E-state index contributed by atoms with van der Waals surface area (Å²) >= 11 is 0. The number of hydrogen-bond acceptors (Lipinski definition) is 5. The number of aliphatic hydroxyl groups excluding tert-OH is 1. The van der Waals surface area contributed by atoms with Crippen molar-refractivity contribution in [2.75, 3.05) is 6.54 Å². The van der Waals surface area contributed by atoms with Crippen molar-refractivity contribution in [2.24, 2.45) is 5.92 Å². The van der Waals surface area contributed by atoms with Crippen LogP contribution >= 0.6 is 0 Å². The van der Waals surface area contributed by atoms with Crippen molar-refractivity contribution in [3.05, 3.63) is 35.9 Å². The molecule has 0 aliphatic heterocycles. The molecule has 8 heteroatoms. The van der Waals surface area contributed by atoms with Gasteiger partial charge in [-0.2, -0.15) is 0 Å². The van der Waals surface area contributed by atoms with Crippen LogP contribution in [0.15, 0.2) is 30.3 Å². The van der Waals surface area contributed by atoms with Crippen molar-refractivity contribution in [1.29, 1.82) is 0 Å². The molecule has 138 valence electrons. The smallest absolute Gasteiger partial charge is 0.407 e. The van der Waals surface area contributed by atoms with Crippen LogP contribution in [0, 0.1) is 5.92 Å². The van der Waals surface area contributed by atoms with Gasteiger partial charge in [0.2, 0.25) is 5.91 Å². The zero-order valence-electron chi connectivity index (χ0n) is 14.3. The maximum Gasteiger partial charge on any atom is 0.407 e. The van der Waals surface area contributed by atoms with Gasteiger partial charge in [-0.05, 0) is 11.5 Å². The number of hydrogen-bond donors (Lipinski definition) is 4. The van der Waals surface area contributed by atoms with Gasteiger partial charge in [0.15, 0.2) is 0 Å². The molecule has 0 heterocycles. The molecule has 0 aliphatic carbocycles. The highest BCUT2D eigenvalue weighted by molar-refractivity contribution is 5.84. The maximum atomic E-state index is 11.7. The normalized spacial score (nSPS) is 13.0. The summed E-state index contributed by atoms with van der Waals surface area (Å²) in [5, 5.41) is 23.5. The number of alkyl carbamates (subject to hydrolysis) is 1. The molecule has 1 rings (SSSR count). The lowest BCUT2D eigenvalue weighted by Gasteiger charge is -2.19. The number of carbonyl (C=O) groups is 3. The van der Waals surface area contributed by atoms with Crippen LogP contribution in [0.3, 0.4) is 0 Å². The number of carboxylic acids is 1. The molecule has 4 N–H and O–H groups in total. The van der Waals surface area contributed by atoms with E-state index in [4.69, 9.17) is 9.84 Å². The Hall–Kier alpha value is -2.61. The van der Waals surface area contributed by atoms with E-state index in [0.29, 0.717) is 0 Å². The van der Waals surface area contributed by atoms with E-state index in [1.807, 2.05) is 18.2 Å². The molecule has 0 aromatic heterocycles. The lowest BCUT2D eigenvalue weighted by atomic mass is 10.0. The van der Waals surface area contributed by atoms with Crippen LogP contribution in [0.1, 0.15) is 25.8 Å². The van der Waals surface area contributed by atoms with Crippen LogP contribution < -0.4 is 10.6 Å². The lowest BCUT2D eigenvalue weighted by Crippen LogP contribution is -2.46. The van der Waals surface area contributed by atoms with E-state index in [-0.39, 0.29) is 25.5 Å². The van der Waals surface area contributed by atoms with Gasteiger partial charge >= 0.3 is 12.1 Å². The van der Waals surface area contributed by atoms with Crippen LogP contribution in [-0.4, -0.2) is 46.9 Å². The third-order valence-electron chi connectivity index (χ3n) is 3.37. The fraction of sp³-hybridized carbons (Fsp3) is 0.471. The van der Waals surface area contributed by atoms with Gasteiger partial charge in [0.1, 0.15) is 12.6 Å². The second kappa shape index (κ2) is 10.3. The first-order valence-electron chi connectivity index (χ1n) is 7.94. The van der Waals surface area contributed by atoms with Gasteiger partial charge in [-0.15, -0.1) is 0 Å². The predicted molar refractivity (Wildman–Crippen MR) is 89.7 cm³/mol. The second-order valence-electron chi connectivity index (χ2n) is 5.93. The predicted octanol–water partition coefficient (Wildman–Crippen LogP) is 0.889. The van der Waals surface area contributed by atoms with E-state index in [2.05, 4.69) is 10.6 Å². The van der Waals surface area contributed by atoms with Crippen molar-refractivity contribution in [3.63, 3.8) is 0 Å². The third-order valence-corrected chi connectivity index (χ3v) is 3.37. The Labute approximate surface area is 146 Å². The van der Waals surface area contributed by atoms with E-state index in [1.54, 1.807) is 26.0 Å². The molecule has 2 atom stereocenters. The molecular formula is C17H24N2O6. The number of aliphatic carboxylic acids is 1. The number of nitrogens with one attached hydrogen (secondary N) is 2. The van der Waals surface area contributed by atoms with E-state index < -0.39 is 30.1 Å². The quantitative estimate of drug-likeness (QED) is 0.523. The molecule has 2 amide bonds. The third kappa shape index (κ3) is 8.16. The van der Waals surface area contributed by atoms with Crippen LogP contribution in [0.2, 0.25) is 0 Å². The zero-order valence-corrected chi connectivity index (χ0v) is 14.3. The van der Waals surface area contributed by atoms with Gasteiger partial charge in [0.25, 0.3) is 0 Å². The summed E-state index contributed by atoms with van der Waals surface area (Å²) in [4.78, 5) is 34.3. The van der Waals surface area contributed by atoms with E-state index in [9.17, 15) is 19.5 Å². The minimum atomic E-state index is -1.15. The summed E-state index contributed by atoms with van der Waals surface area (Å²) in [5.41, 5.74) is 0.825. The Morgan fingerprint density at radius 3 is 2.36 bits per heavy atom. The summed E-state index contributed by atoms with van der Waals surface area (Å²) in [6, 6.07) is 8.07. The number of carboxylic acid groups (broad SMARTS) is 1. The van der Waals surface area contributed by atoms with Crippen LogP contribution in [-0.2, 0) is 20.9 Å². The summed E-state index contributed by atoms with van der Waals surface area (Å²) in [6.45, 7) is 3.25. The highest BCUT2D eigenvalue weighted by Crippen LogP contribution is 2.03. The van der Waals surface area contributed by atoms with Crippen molar-refractivity contribution < 1.29 is 29.3 Å². The largest absolute Gasteiger partial charge is 0.480 e.